The first-order chi connectivity index (χ1) is 10.3. The molecule has 0 spiro atoms. The number of hydrogen-bond acceptors (Lipinski definition) is 6. The van der Waals surface area contributed by atoms with Crippen LogP contribution in [0.15, 0.2) is 58.2 Å². The summed E-state index contributed by atoms with van der Waals surface area (Å²) in [5.74, 6) is 1.62. The molecule has 0 aliphatic rings. The monoisotopic (exact) mass is 294 g/mol. The largest absolute Gasteiger partial charge is 0.338 e. The predicted molar refractivity (Wildman–Crippen MR) is 78.2 cm³/mol. The fourth-order valence-corrected chi connectivity index (χ4v) is 2.45. The second-order valence-corrected chi connectivity index (χ2v) is 5.16. The van der Waals surface area contributed by atoms with E-state index in [1.54, 1.807) is 18.3 Å². The standard InChI is InChI=1S/C15H10N4OS/c16-9-11-6-7-17-14(8-11)21-10-13-18-15(19-20-13)12-4-2-1-3-5-12/h1-8H,10H2. The number of nitriles is 1. The highest BCUT2D eigenvalue weighted by Gasteiger charge is 2.09. The van der Waals surface area contributed by atoms with E-state index in [1.807, 2.05) is 30.3 Å². The summed E-state index contributed by atoms with van der Waals surface area (Å²) in [4.78, 5) is 8.54. The minimum absolute atomic E-state index is 0.516. The van der Waals surface area contributed by atoms with Crippen molar-refractivity contribution < 1.29 is 4.52 Å². The van der Waals surface area contributed by atoms with E-state index in [0.29, 0.717) is 23.0 Å². The minimum Gasteiger partial charge on any atom is -0.338 e. The molecule has 0 N–H and O–H groups in total. The molecule has 0 saturated carbocycles. The Bertz CT molecular complexity index is 780. The van der Waals surface area contributed by atoms with Crippen molar-refractivity contribution in [1.29, 1.82) is 5.26 Å². The van der Waals surface area contributed by atoms with Crippen molar-refractivity contribution >= 4 is 11.8 Å². The summed E-state index contributed by atoms with van der Waals surface area (Å²) < 4.78 is 5.22. The lowest BCUT2D eigenvalue weighted by molar-refractivity contribution is 0.391. The SMILES string of the molecule is N#Cc1ccnc(SCc2nc(-c3ccccc3)no2)c1. The van der Waals surface area contributed by atoms with E-state index in [9.17, 15) is 0 Å². The Morgan fingerprint density at radius 2 is 2.05 bits per heavy atom. The average molecular weight is 294 g/mol. The summed E-state index contributed by atoms with van der Waals surface area (Å²) in [6, 6.07) is 15.1. The van der Waals surface area contributed by atoms with Crippen LogP contribution in [-0.4, -0.2) is 15.1 Å². The van der Waals surface area contributed by atoms with Crippen LogP contribution in [0.3, 0.4) is 0 Å². The molecule has 5 nitrogen and oxygen atoms in total. The number of aromatic nitrogens is 3. The van der Waals surface area contributed by atoms with Gasteiger partial charge in [0.2, 0.25) is 11.7 Å². The normalized spacial score (nSPS) is 10.2. The molecule has 3 aromatic rings. The molecule has 0 aliphatic heterocycles. The third-order valence-electron chi connectivity index (χ3n) is 2.71. The lowest BCUT2D eigenvalue weighted by Gasteiger charge is -1.97. The van der Waals surface area contributed by atoms with E-state index in [0.717, 1.165) is 10.6 Å². The molecule has 0 amide bonds. The average Bonchev–Trinajstić information content (AvgIpc) is 3.03. The zero-order valence-electron chi connectivity index (χ0n) is 10.9. The molecule has 6 heteroatoms. The smallest absolute Gasteiger partial charge is 0.237 e. The summed E-state index contributed by atoms with van der Waals surface area (Å²) in [5.41, 5.74) is 1.50. The topological polar surface area (TPSA) is 75.6 Å². The maximum Gasteiger partial charge on any atom is 0.237 e. The minimum atomic E-state index is 0.516. The van der Waals surface area contributed by atoms with Gasteiger partial charge in [0.05, 0.1) is 22.4 Å². The fourth-order valence-electron chi connectivity index (χ4n) is 1.71. The zero-order chi connectivity index (χ0) is 14.5. The highest BCUT2D eigenvalue weighted by molar-refractivity contribution is 7.98. The Balaban J connectivity index is 1.69. The van der Waals surface area contributed by atoms with Gasteiger partial charge in [0.1, 0.15) is 0 Å². The van der Waals surface area contributed by atoms with Gasteiger partial charge in [-0.3, -0.25) is 0 Å². The summed E-state index contributed by atoms with van der Waals surface area (Å²) in [7, 11) is 0. The van der Waals surface area contributed by atoms with Gasteiger partial charge in [0.15, 0.2) is 0 Å². The number of nitrogens with zero attached hydrogens (tertiary/aromatic N) is 4. The van der Waals surface area contributed by atoms with Gasteiger partial charge >= 0.3 is 0 Å². The molecule has 0 radical (unpaired) electrons. The summed E-state index contributed by atoms with van der Waals surface area (Å²) in [5, 5.41) is 13.6. The van der Waals surface area contributed by atoms with Crippen molar-refractivity contribution in [2.24, 2.45) is 0 Å². The first kappa shape index (κ1) is 13.3. The van der Waals surface area contributed by atoms with Crippen molar-refractivity contribution in [3.05, 3.63) is 60.1 Å². The third-order valence-corrected chi connectivity index (χ3v) is 3.62. The van der Waals surface area contributed by atoms with Crippen LogP contribution in [0.2, 0.25) is 0 Å². The highest BCUT2D eigenvalue weighted by Crippen LogP contribution is 2.22. The van der Waals surface area contributed by atoms with Gasteiger partial charge in [-0.2, -0.15) is 10.2 Å². The fraction of sp³-hybridized carbons (Fsp3) is 0.0667. The molecular formula is C15H10N4OS. The maximum atomic E-state index is 8.85. The van der Waals surface area contributed by atoms with Gasteiger partial charge in [0.25, 0.3) is 0 Å². The Kier molecular flexibility index (Phi) is 3.94. The summed E-state index contributed by atoms with van der Waals surface area (Å²) >= 11 is 1.45. The first-order valence-corrected chi connectivity index (χ1v) is 7.20. The molecule has 0 bridgehead atoms. The molecule has 0 fully saturated rings. The van der Waals surface area contributed by atoms with Gasteiger partial charge in [0, 0.05) is 11.8 Å². The molecule has 0 aliphatic carbocycles. The second kappa shape index (κ2) is 6.20. The van der Waals surface area contributed by atoms with Crippen LogP contribution in [0.1, 0.15) is 11.5 Å². The van der Waals surface area contributed by atoms with Crippen LogP contribution in [0.4, 0.5) is 0 Å². The van der Waals surface area contributed by atoms with Crippen LogP contribution in [-0.2, 0) is 5.75 Å². The molecule has 2 aromatic heterocycles. The van der Waals surface area contributed by atoms with Crippen LogP contribution < -0.4 is 0 Å². The van der Waals surface area contributed by atoms with Crippen molar-refractivity contribution in [1.82, 2.24) is 15.1 Å². The van der Waals surface area contributed by atoms with Crippen LogP contribution in [0.25, 0.3) is 11.4 Å². The van der Waals surface area contributed by atoms with E-state index in [1.165, 1.54) is 11.8 Å². The first-order valence-electron chi connectivity index (χ1n) is 6.22. The number of benzene rings is 1. The Labute approximate surface area is 125 Å². The second-order valence-electron chi connectivity index (χ2n) is 4.16. The quantitative estimate of drug-likeness (QED) is 0.687. The molecular weight excluding hydrogens is 284 g/mol. The van der Waals surface area contributed by atoms with E-state index in [2.05, 4.69) is 21.2 Å². The molecule has 0 unspecified atom stereocenters. The maximum absolute atomic E-state index is 8.85. The van der Waals surface area contributed by atoms with Crippen molar-refractivity contribution in [3.63, 3.8) is 0 Å². The molecule has 2 heterocycles. The Morgan fingerprint density at radius 1 is 1.19 bits per heavy atom. The van der Waals surface area contributed by atoms with Gasteiger partial charge in [-0.1, -0.05) is 47.3 Å². The Morgan fingerprint density at radius 3 is 2.86 bits per heavy atom. The van der Waals surface area contributed by atoms with E-state index < -0.39 is 0 Å². The van der Waals surface area contributed by atoms with Crippen molar-refractivity contribution in [2.45, 2.75) is 10.8 Å². The molecule has 0 saturated heterocycles. The number of rotatable bonds is 4. The van der Waals surface area contributed by atoms with Crippen LogP contribution in [0, 0.1) is 11.3 Å². The van der Waals surface area contributed by atoms with Gasteiger partial charge in [-0.05, 0) is 12.1 Å². The molecule has 1 aromatic carbocycles. The van der Waals surface area contributed by atoms with E-state index in [-0.39, 0.29) is 0 Å². The molecule has 102 valence electrons. The zero-order valence-corrected chi connectivity index (χ0v) is 11.7. The lowest BCUT2D eigenvalue weighted by atomic mass is 10.2. The molecule has 0 atom stereocenters. The van der Waals surface area contributed by atoms with Crippen molar-refractivity contribution in [2.75, 3.05) is 0 Å². The number of thioether (sulfide) groups is 1. The van der Waals surface area contributed by atoms with E-state index >= 15 is 0 Å². The molecule has 21 heavy (non-hydrogen) atoms. The van der Waals surface area contributed by atoms with Crippen LogP contribution in [0.5, 0.6) is 0 Å². The van der Waals surface area contributed by atoms with Crippen LogP contribution >= 0.6 is 11.8 Å². The van der Waals surface area contributed by atoms with Crippen molar-refractivity contribution in [3.8, 4) is 17.5 Å². The third kappa shape index (κ3) is 3.27. The summed E-state index contributed by atoms with van der Waals surface area (Å²) in [6.07, 6.45) is 1.62. The number of pyridine rings is 1. The predicted octanol–water partition coefficient (Wildman–Crippen LogP) is 3.30. The van der Waals surface area contributed by atoms with E-state index in [4.69, 9.17) is 9.78 Å². The molecule has 3 rings (SSSR count). The number of hydrogen-bond donors (Lipinski definition) is 0. The van der Waals surface area contributed by atoms with Gasteiger partial charge in [-0.25, -0.2) is 4.98 Å². The lowest BCUT2D eigenvalue weighted by Crippen LogP contribution is -1.85. The Hall–Kier alpha value is -2.65. The highest BCUT2D eigenvalue weighted by atomic mass is 32.2. The van der Waals surface area contributed by atoms with Gasteiger partial charge in [-0.15, -0.1) is 0 Å². The van der Waals surface area contributed by atoms with Gasteiger partial charge < -0.3 is 4.52 Å². The summed E-state index contributed by atoms with van der Waals surface area (Å²) in [6.45, 7) is 0.